The normalized spacial score (nSPS) is 14.8. The summed E-state index contributed by atoms with van der Waals surface area (Å²) >= 11 is 0. The van der Waals surface area contributed by atoms with E-state index in [1.165, 1.54) is 16.4 Å². The van der Waals surface area contributed by atoms with Crippen molar-refractivity contribution in [2.24, 2.45) is 0 Å². The largest absolute Gasteiger partial charge is 0.493 e. The predicted molar refractivity (Wildman–Crippen MR) is 109 cm³/mol. The highest BCUT2D eigenvalue weighted by molar-refractivity contribution is 7.89. The SMILES string of the molecule is CCCCOc1ccccc1C(=O)Nc1ccc(S(=O)(=O)N2CCCC2)cc1. The molecule has 3 rings (SSSR count). The number of carbonyl (C=O) groups excluding carboxylic acids is 1. The molecule has 150 valence electrons. The van der Waals surface area contributed by atoms with Crippen LogP contribution in [0.25, 0.3) is 0 Å². The maximum Gasteiger partial charge on any atom is 0.259 e. The van der Waals surface area contributed by atoms with Gasteiger partial charge in [-0.1, -0.05) is 25.5 Å². The molecule has 2 aromatic carbocycles. The van der Waals surface area contributed by atoms with Gasteiger partial charge in [-0.15, -0.1) is 0 Å². The van der Waals surface area contributed by atoms with Crippen LogP contribution in [-0.2, 0) is 10.0 Å². The number of para-hydroxylation sites is 1. The summed E-state index contributed by atoms with van der Waals surface area (Å²) in [5.41, 5.74) is 0.987. The predicted octanol–water partition coefficient (Wildman–Crippen LogP) is 3.90. The first-order valence-electron chi connectivity index (χ1n) is 9.66. The van der Waals surface area contributed by atoms with Crippen LogP contribution in [0.3, 0.4) is 0 Å². The van der Waals surface area contributed by atoms with Crippen LogP contribution in [0.1, 0.15) is 43.0 Å². The molecule has 1 amide bonds. The van der Waals surface area contributed by atoms with Crippen molar-refractivity contribution in [1.82, 2.24) is 4.31 Å². The van der Waals surface area contributed by atoms with Crippen molar-refractivity contribution in [3.63, 3.8) is 0 Å². The van der Waals surface area contributed by atoms with E-state index in [0.29, 0.717) is 36.7 Å². The number of rotatable bonds is 8. The first-order valence-corrected chi connectivity index (χ1v) is 11.1. The number of carbonyl (C=O) groups is 1. The zero-order valence-electron chi connectivity index (χ0n) is 16.1. The number of unbranched alkanes of at least 4 members (excludes halogenated alkanes) is 1. The van der Waals surface area contributed by atoms with Gasteiger partial charge in [0.25, 0.3) is 5.91 Å². The quantitative estimate of drug-likeness (QED) is 0.680. The smallest absolute Gasteiger partial charge is 0.259 e. The maximum atomic E-state index is 12.6. The van der Waals surface area contributed by atoms with E-state index in [1.807, 2.05) is 6.07 Å². The number of amides is 1. The van der Waals surface area contributed by atoms with Crippen LogP contribution >= 0.6 is 0 Å². The molecule has 0 atom stereocenters. The molecule has 1 aliphatic rings. The summed E-state index contributed by atoms with van der Waals surface area (Å²) in [4.78, 5) is 12.9. The second kappa shape index (κ2) is 9.21. The van der Waals surface area contributed by atoms with E-state index in [9.17, 15) is 13.2 Å². The summed E-state index contributed by atoms with van der Waals surface area (Å²) < 4.78 is 32.4. The monoisotopic (exact) mass is 402 g/mol. The molecule has 1 N–H and O–H groups in total. The lowest BCUT2D eigenvalue weighted by molar-refractivity contribution is 0.102. The van der Waals surface area contributed by atoms with Crippen molar-refractivity contribution >= 4 is 21.6 Å². The summed E-state index contributed by atoms with van der Waals surface area (Å²) in [5.74, 6) is 0.254. The molecule has 7 heteroatoms. The van der Waals surface area contributed by atoms with Crippen molar-refractivity contribution in [3.8, 4) is 5.75 Å². The molecule has 0 aromatic heterocycles. The summed E-state index contributed by atoms with van der Waals surface area (Å²) in [5, 5.41) is 2.81. The number of hydrogen-bond donors (Lipinski definition) is 1. The molecule has 0 aliphatic carbocycles. The van der Waals surface area contributed by atoms with Crippen LogP contribution in [0, 0.1) is 0 Å². The van der Waals surface area contributed by atoms with Gasteiger partial charge in [-0.2, -0.15) is 4.31 Å². The van der Waals surface area contributed by atoms with Crippen molar-refractivity contribution in [1.29, 1.82) is 0 Å². The van der Waals surface area contributed by atoms with Crippen LogP contribution in [0.15, 0.2) is 53.4 Å². The standard InChI is InChI=1S/C21H26N2O4S/c1-2-3-16-27-20-9-5-4-8-19(20)21(24)22-17-10-12-18(13-11-17)28(25,26)23-14-6-7-15-23/h4-5,8-13H,2-3,6-7,14-16H2,1H3,(H,22,24). The molecule has 28 heavy (non-hydrogen) atoms. The van der Waals surface area contributed by atoms with Gasteiger partial charge in [0.1, 0.15) is 5.75 Å². The average molecular weight is 403 g/mol. The van der Waals surface area contributed by atoms with E-state index in [4.69, 9.17) is 4.74 Å². The summed E-state index contributed by atoms with van der Waals surface area (Å²) in [6, 6.07) is 13.4. The van der Waals surface area contributed by atoms with Gasteiger partial charge in [0.05, 0.1) is 17.1 Å². The number of hydrogen-bond acceptors (Lipinski definition) is 4. The lowest BCUT2D eigenvalue weighted by Gasteiger charge is -2.16. The average Bonchev–Trinajstić information content (AvgIpc) is 3.25. The Balaban J connectivity index is 1.70. The van der Waals surface area contributed by atoms with Crippen molar-refractivity contribution in [2.75, 3.05) is 25.0 Å². The molecule has 0 radical (unpaired) electrons. The second-order valence-corrected chi connectivity index (χ2v) is 8.73. The Morgan fingerprint density at radius 1 is 1.07 bits per heavy atom. The Labute approximate surface area is 166 Å². The van der Waals surface area contributed by atoms with Gasteiger partial charge < -0.3 is 10.1 Å². The number of anilines is 1. The maximum absolute atomic E-state index is 12.6. The molecule has 1 heterocycles. The van der Waals surface area contributed by atoms with E-state index >= 15 is 0 Å². The lowest BCUT2D eigenvalue weighted by atomic mass is 10.2. The molecule has 1 aliphatic heterocycles. The lowest BCUT2D eigenvalue weighted by Crippen LogP contribution is -2.27. The first-order chi connectivity index (χ1) is 13.5. The van der Waals surface area contributed by atoms with Crippen LogP contribution in [-0.4, -0.2) is 38.3 Å². The molecule has 0 bridgehead atoms. The van der Waals surface area contributed by atoms with Gasteiger partial charge >= 0.3 is 0 Å². The molecule has 6 nitrogen and oxygen atoms in total. The number of benzene rings is 2. The molecule has 0 saturated carbocycles. The van der Waals surface area contributed by atoms with Crippen LogP contribution in [0.5, 0.6) is 5.75 Å². The Hall–Kier alpha value is -2.38. The third kappa shape index (κ3) is 4.72. The van der Waals surface area contributed by atoms with Crippen LogP contribution in [0.2, 0.25) is 0 Å². The van der Waals surface area contributed by atoms with Gasteiger partial charge in [0.2, 0.25) is 10.0 Å². The van der Waals surface area contributed by atoms with Gasteiger partial charge in [-0.25, -0.2) is 8.42 Å². The number of ether oxygens (including phenoxy) is 1. The number of nitrogens with zero attached hydrogens (tertiary/aromatic N) is 1. The van der Waals surface area contributed by atoms with Gasteiger partial charge in [-0.05, 0) is 55.7 Å². The highest BCUT2D eigenvalue weighted by atomic mass is 32.2. The molecular weight excluding hydrogens is 376 g/mol. The molecule has 1 saturated heterocycles. The highest BCUT2D eigenvalue weighted by Crippen LogP contribution is 2.24. The Morgan fingerprint density at radius 2 is 1.75 bits per heavy atom. The molecule has 0 unspecified atom stereocenters. The molecule has 0 spiro atoms. The van der Waals surface area contributed by atoms with Crippen molar-refractivity contribution in [3.05, 3.63) is 54.1 Å². The third-order valence-corrected chi connectivity index (χ3v) is 6.62. The van der Waals surface area contributed by atoms with Gasteiger partial charge in [0, 0.05) is 18.8 Å². The third-order valence-electron chi connectivity index (χ3n) is 4.70. The van der Waals surface area contributed by atoms with E-state index in [2.05, 4.69) is 12.2 Å². The van der Waals surface area contributed by atoms with E-state index in [1.54, 1.807) is 30.3 Å². The Morgan fingerprint density at radius 3 is 2.43 bits per heavy atom. The zero-order valence-corrected chi connectivity index (χ0v) is 16.9. The Kier molecular flexibility index (Phi) is 6.70. The van der Waals surface area contributed by atoms with Crippen molar-refractivity contribution in [2.45, 2.75) is 37.5 Å². The first kappa shape index (κ1) is 20.4. The summed E-state index contributed by atoms with van der Waals surface area (Å²) in [6.45, 7) is 3.77. The fourth-order valence-corrected chi connectivity index (χ4v) is 4.61. The Bertz CT molecular complexity index is 904. The van der Waals surface area contributed by atoms with Gasteiger partial charge in [-0.3, -0.25) is 4.79 Å². The van der Waals surface area contributed by atoms with E-state index < -0.39 is 10.0 Å². The van der Waals surface area contributed by atoms with Crippen molar-refractivity contribution < 1.29 is 17.9 Å². The minimum Gasteiger partial charge on any atom is -0.493 e. The second-order valence-electron chi connectivity index (χ2n) is 6.79. The molecular formula is C21H26N2O4S. The highest BCUT2D eigenvalue weighted by Gasteiger charge is 2.27. The summed E-state index contributed by atoms with van der Waals surface area (Å²) in [7, 11) is -3.46. The fraction of sp³-hybridized carbons (Fsp3) is 0.381. The zero-order chi connectivity index (χ0) is 20.0. The minimum absolute atomic E-state index is 0.246. The van der Waals surface area contributed by atoms with E-state index in [-0.39, 0.29) is 10.8 Å². The van der Waals surface area contributed by atoms with Crippen LogP contribution < -0.4 is 10.1 Å². The van der Waals surface area contributed by atoms with Crippen LogP contribution in [0.4, 0.5) is 5.69 Å². The number of nitrogens with one attached hydrogen (secondary N) is 1. The fourth-order valence-electron chi connectivity index (χ4n) is 3.09. The minimum atomic E-state index is -3.46. The summed E-state index contributed by atoms with van der Waals surface area (Å²) in [6.07, 6.45) is 3.73. The van der Waals surface area contributed by atoms with Gasteiger partial charge in [0.15, 0.2) is 0 Å². The molecule has 1 fully saturated rings. The van der Waals surface area contributed by atoms with E-state index in [0.717, 1.165) is 25.7 Å². The molecule has 2 aromatic rings. The topological polar surface area (TPSA) is 75.7 Å². The number of sulfonamides is 1.